The number of amides is 1. The maximum absolute atomic E-state index is 12.3. The third-order valence-electron chi connectivity index (χ3n) is 2.63. The van der Waals surface area contributed by atoms with Crippen molar-refractivity contribution in [3.63, 3.8) is 0 Å². The monoisotopic (exact) mass is 402 g/mol. The van der Waals surface area contributed by atoms with Crippen LogP contribution in [0.2, 0.25) is 0 Å². The standard InChI is InChI=1S/C13H12Br2N2OS/c1-17(6-8-4-12(15)19-7-8)13(18)10-5-9(14)2-3-11(10)16/h2-5,7H,6,16H2,1H3. The number of carbonyl (C=O) groups is 1. The zero-order valence-corrected chi connectivity index (χ0v) is 14.2. The van der Waals surface area contributed by atoms with Crippen molar-refractivity contribution in [3.05, 3.63) is 49.0 Å². The Labute approximate surface area is 132 Å². The van der Waals surface area contributed by atoms with Crippen LogP contribution in [0.4, 0.5) is 5.69 Å². The molecule has 1 amide bonds. The van der Waals surface area contributed by atoms with Crippen molar-refractivity contribution < 1.29 is 4.79 Å². The highest BCUT2D eigenvalue weighted by Crippen LogP contribution is 2.23. The van der Waals surface area contributed by atoms with E-state index >= 15 is 0 Å². The summed E-state index contributed by atoms with van der Waals surface area (Å²) < 4.78 is 1.90. The van der Waals surface area contributed by atoms with Gasteiger partial charge in [0.05, 0.1) is 9.35 Å². The first-order valence-corrected chi connectivity index (χ1v) is 7.97. The lowest BCUT2D eigenvalue weighted by molar-refractivity contribution is 0.0786. The minimum Gasteiger partial charge on any atom is -0.398 e. The second kappa shape index (κ2) is 6.07. The fraction of sp³-hybridized carbons (Fsp3) is 0.154. The minimum absolute atomic E-state index is 0.0823. The molecule has 0 aliphatic heterocycles. The average molecular weight is 404 g/mol. The summed E-state index contributed by atoms with van der Waals surface area (Å²) in [5.41, 5.74) is 7.96. The molecule has 6 heteroatoms. The second-order valence-electron chi connectivity index (χ2n) is 4.15. The highest BCUT2D eigenvalue weighted by molar-refractivity contribution is 9.11. The Morgan fingerprint density at radius 2 is 2.11 bits per heavy atom. The molecule has 0 aliphatic rings. The van der Waals surface area contributed by atoms with Gasteiger partial charge in [-0.2, -0.15) is 0 Å². The third-order valence-corrected chi connectivity index (χ3v) is 4.68. The third kappa shape index (κ3) is 3.58. The van der Waals surface area contributed by atoms with Gasteiger partial charge >= 0.3 is 0 Å². The number of nitrogens with zero attached hydrogens (tertiary/aromatic N) is 1. The summed E-state index contributed by atoms with van der Waals surface area (Å²) in [5.74, 6) is -0.0823. The van der Waals surface area contributed by atoms with Crippen molar-refractivity contribution in [2.75, 3.05) is 12.8 Å². The van der Waals surface area contributed by atoms with E-state index in [9.17, 15) is 4.79 Å². The molecule has 2 aromatic rings. The van der Waals surface area contributed by atoms with E-state index in [0.29, 0.717) is 17.8 Å². The van der Waals surface area contributed by atoms with E-state index in [1.165, 1.54) is 0 Å². The van der Waals surface area contributed by atoms with Crippen LogP contribution < -0.4 is 5.73 Å². The van der Waals surface area contributed by atoms with Gasteiger partial charge in [0.25, 0.3) is 5.91 Å². The van der Waals surface area contributed by atoms with Crippen LogP contribution in [-0.4, -0.2) is 17.9 Å². The average Bonchev–Trinajstić information content (AvgIpc) is 2.77. The number of halogens is 2. The Kier molecular flexibility index (Phi) is 4.65. The summed E-state index contributed by atoms with van der Waals surface area (Å²) >= 11 is 8.37. The smallest absolute Gasteiger partial charge is 0.256 e. The van der Waals surface area contributed by atoms with Gasteiger partial charge in [-0.25, -0.2) is 0 Å². The Balaban J connectivity index is 2.16. The van der Waals surface area contributed by atoms with Gasteiger partial charge in [0.15, 0.2) is 0 Å². The van der Waals surface area contributed by atoms with Crippen LogP contribution in [0, 0.1) is 0 Å². The number of carbonyl (C=O) groups excluding carboxylic acids is 1. The lowest BCUT2D eigenvalue weighted by Crippen LogP contribution is -2.26. The first-order valence-electron chi connectivity index (χ1n) is 5.51. The zero-order valence-electron chi connectivity index (χ0n) is 10.2. The molecule has 0 saturated carbocycles. The first-order chi connectivity index (χ1) is 8.97. The Bertz CT molecular complexity index is 612. The Morgan fingerprint density at radius 1 is 1.37 bits per heavy atom. The van der Waals surface area contributed by atoms with E-state index in [4.69, 9.17) is 5.73 Å². The molecule has 0 atom stereocenters. The predicted octanol–water partition coefficient (Wildman–Crippen LogP) is 4.13. The van der Waals surface area contributed by atoms with Crippen LogP contribution in [0.5, 0.6) is 0 Å². The molecule has 0 radical (unpaired) electrons. The molecule has 0 unspecified atom stereocenters. The van der Waals surface area contributed by atoms with Gasteiger partial charge in [0.2, 0.25) is 0 Å². The molecular weight excluding hydrogens is 392 g/mol. The van der Waals surface area contributed by atoms with Crippen molar-refractivity contribution in [3.8, 4) is 0 Å². The van der Waals surface area contributed by atoms with Gasteiger partial charge in [-0.3, -0.25) is 4.79 Å². The lowest BCUT2D eigenvalue weighted by atomic mass is 10.1. The lowest BCUT2D eigenvalue weighted by Gasteiger charge is -2.17. The number of nitrogens with two attached hydrogens (primary N) is 1. The van der Waals surface area contributed by atoms with Crippen LogP contribution >= 0.6 is 43.2 Å². The van der Waals surface area contributed by atoms with Gasteiger partial charge in [-0.05, 0) is 51.1 Å². The van der Waals surface area contributed by atoms with Crippen molar-refractivity contribution in [1.82, 2.24) is 4.90 Å². The van der Waals surface area contributed by atoms with Gasteiger partial charge in [0.1, 0.15) is 0 Å². The van der Waals surface area contributed by atoms with Crippen molar-refractivity contribution in [1.29, 1.82) is 0 Å². The van der Waals surface area contributed by atoms with Gasteiger partial charge in [-0.1, -0.05) is 15.9 Å². The summed E-state index contributed by atoms with van der Waals surface area (Å²) in [6, 6.07) is 7.31. The number of hydrogen-bond donors (Lipinski definition) is 1. The van der Waals surface area contributed by atoms with E-state index in [2.05, 4.69) is 31.9 Å². The van der Waals surface area contributed by atoms with E-state index in [1.807, 2.05) is 17.5 Å². The molecule has 1 aromatic heterocycles. The number of anilines is 1. The molecule has 0 saturated heterocycles. The number of thiophene rings is 1. The molecule has 0 fully saturated rings. The topological polar surface area (TPSA) is 46.3 Å². The van der Waals surface area contributed by atoms with Crippen LogP contribution in [0.25, 0.3) is 0 Å². The van der Waals surface area contributed by atoms with E-state index < -0.39 is 0 Å². The van der Waals surface area contributed by atoms with Crippen LogP contribution in [0.1, 0.15) is 15.9 Å². The van der Waals surface area contributed by atoms with Crippen molar-refractivity contribution in [2.45, 2.75) is 6.54 Å². The summed E-state index contributed by atoms with van der Waals surface area (Å²) in [6.45, 7) is 0.562. The fourth-order valence-corrected chi connectivity index (χ4v) is 3.26. The van der Waals surface area contributed by atoms with Crippen molar-refractivity contribution >= 4 is 54.8 Å². The second-order valence-corrected chi connectivity index (χ2v) is 7.36. The van der Waals surface area contributed by atoms with Crippen LogP contribution in [0.15, 0.2) is 37.9 Å². The molecule has 3 nitrogen and oxygen atoms in total. The molecule has 2 rings (SSSR count). The molecular formula is C13H12Br2N2OS. The molecule has 19 heavy (non-hydrogen) atoms. The highest BCUT2D eigenvalue weighted by atomic mass is 79.9. The minimum atomic E-state index is -0.0823. The van der Waals surface area contributed by atoms with Gasteiger partial charge in [-0.15, -0.1) is 11.3 Å². The molecule has 1 heterocycles. The largest absolute Gasteiger partial charge is 0.398 e. The first kappa shape index (κ1) is 14.6. The molecule has 0 spiro atoms. The van der Waals surface area contributed by atoms with Crippen LogP contribution in [-0.2, 0) is 6.54 Å². The maximum atomic E-state index is 12.3. The number of hydrogen-bond acceptors (Lipinski definition) is 3. The molecule has 0 aliphatic carbocycles. The Hall–Kier alpha value is -0.850. The maximum Gasteiger partial charge on any atom is 0.256 e. The fourth-order valence-electron chi connectivity index (χ4n) is 1.69. The SMILES string of the molecule is CN(Cc1csc(Br)c1)C(=O)c1cc(Br)ccc1N. The van der Waals surface area contributed by atoms with E-state index in [-0.39, 0.29) is 5.91 Å². The summed E-state index contributed by atoms with van der Waals surface area (Å²) in [4.78, 5) is 14.0. The predicted molar refractivity (Wildman–Crippen MR) is 86.4 cm³/mol. The highest BCUT2D eigenvalue weighted by Gasteiger charge is 2.15. The number of rotatable bonds is 3. The normalized spacial score (nSPS) is 10.5. The van der Waals surface area contributed by atoms with Crippen LogP contribution in [0.3, 0.4) is 0 Å². The van der Waals surface area contributed by atoms with E-state index in [0.717, 1.165) is 13.8 Å². The quantitative estimate of drug-likeness (QED) is 0.783. The van der Waals surface area contributed by atoms with Crippen molar-refractivity contribution in [2.24, 2.45) is 0 Å². The molecule has 100 valence electrons. The van der Waals surface area contributed by atoms with Gasteiger partial charge in [0, 0.05) is 23.8 Å². The van der Waals surface area contributed by atoms with E-state index in [1.54, 1.807) is 35.4 Å². The summed E-state index contributed by atoms with van der Waals surface area (Å²) in [7, 11) is 1.77. The molecule has 2 N–H and O–H groups in total. The number of benzene rings is 1. The molecule has 1 aromatic carbocycles. The van der Waals surface area contributed by atoms with Gasteiger partial charge < -0.3 is 10.6 Å². The molecule has 0 bridgehead atoms. The summed E-state index contributed by atoms with van der Waals surface area (Å²) in [5, 5.41) is 2.03. The zero-order chi connectivity index (χ0) is 14.0. The summed E-state index contributed by atoms with van der Waals surface area (Å²) in [6.07, 6.45) is 0. The Morgan fingerprint density at radius 3 is 2.74 bits per heavy atom. The number of nitrogen functional groups attached to an aromatic ring is 1.